The fraction of sp³-hybridized carbons (Fsp3) is 0.0556. The maximum Gasteiger partial charge on any atom is 0.308 e. The number of nitriles is 1. The number of amides is 1. The average Bonchev–Trinajstić information content (AvgIpc) is 2.59. The molecule has 0 saturated carbocycles. The summed E-state index contributed by atoms with van der Waals surface area (Å²) in [7, 11) is 0. The highest BCUT2D eigenvalue weighted by atomic mass is 79.9. The van der Waals surface area contributed by atoms with E-state index in [0.717, 1.165) is 0 Å². The lowest BCUT2D eigenvalue weighted by Crippen LogP contribution is -2.13. The number of ether oxygens (including phenoxy) is 1. The van der Waals surface area contributed by atoms with Crippen molar-refractivity contribution in [2.45, 2.75) is 6.92 Å². The molecule has 0 unspecified atom stereocenters. The Bertz CT molecular complexity index is 978. The van der Waals surface area contributed by atoms with E-state index >= 15 is 0 Å². The van der Waals surface area contributed by atoms with E-state index in [2.05, 4.69) is 37.2 Å². The molecular formula is C18H10Br2Cl2N2O3. The van der Waals surface area contributed by atoms with Crippen LogP contribution in [0.15, 0.2) is 44.9 Å². The Morgan fingerprint density at radius 1 is 1.15 bits per heavy atom. The van der Waals surface area contributed by atoms with Gasteiger partial charge < -0.3 is 10.1 Å². The zero-order valence-corrected chi connectivity index (χ0v) is 18.3. The fourth-order valence-electron chi connectivity index (χ4n) is 1.99. The minimum atomic E-state index is -0.604. The van der Waals surface area contributed by atoms with Crippen molar-refractivity contribution in [1.29, 1.82) is 5.26 Å². The van der Waals surface area contributed by atoms with Gasteiger partial charge in [-0.05, 0) is 73.8 Å². The topological polar surface area (TPSA) is 79.2 Å². The van der Waals surface area contributed by atoms with Crippen molar-refractivity contribution >= 4 is 78.7 Å². The van der Waals surface area contributed by atoms with Gasteiger partial charge in [0.05, 0.1) is 19.0 Å². The van der Waals surface area contributed by atoms with Crippen molar-refractivity contribution in [3.63, 3.8) is 0 Å². The largest absolute Gasteiger partial charge is 0.424 e. The Kier molecular flexibility index (Phi) is 7.45. The summed E-state index contributed by atoms with van der Waals surface area (Å²) in [6.07, 6.45) is 1.40. The summed E-state index contributed by atoms with van der Waals surface area (Å²) < 4.78 is 6.06. The third-order valence-electron chi connectivity index (χ3n) is 3.12. The number of rotatable bonds is 4. The van der Waals surface area contributed by atoms with Gasteiger partial charge in [-0.25, -0.2) is 0 Å². The first-order valence-electron chi connectivity index (χ1n) is 7.27. The second-order valence-corrected chi connectivity index (χ2v) is 7.68. The van der Waals surface area contributed by atoms with Gasteiger partial charge in [0.25, 0.3) is 5.91 Å². The molecule has 0 spiro atoms. The van der Waals surface area contributed by atoms with Crippen molar-refractivity contribution in [3.05, 3.63) is 60.5 Å². The predicted molar refractivity (Wildman–Crippen MR) is 112 cm³/mol. The van der Waals surface area contributed by atoms with Gasteiger partial charge in [-0.1, -0.05) is 23.2 Å². The van der Waals surface area contributed by atoms with E-state index in [1.165, 1.54) is 25.1 Å². The zero-order valence-electron chi connectivity index (χ0n) is 13.6. The maximum atomic E-state index is 12.4. The van der Waals surface area contributed by atoms with Crippen molar-refractivity contribution < 1.29 is 14.3 Å². The monoisotopic (exact) mass is 530 g/mol. The molecule has 0 saturated heterocycles. The zero-order chi connectivity index (χ0) is 20.1. The molecule has 0 aliphatic rings. The minimum Gasteiger partial charge on any atom is -0.424 e. The lowest BCUT2D eigenvalue weighted by molar-refractivity contribution is -0.132. The summed E-state index contributed by atoms with van der Waals surface area (Å²) in [6.45, 7) is 1.29. The van der Waals surface area contributed by atoms with E-state index in [1.807, 2.05) is 6.07 Å². The van der Waals surface area contributed by atoms with Crippen LogP contribution in [0.4, 0.5) is 5.69 Å². The van der Waals surface area contributed by atoms with Crippen LogP contribution in [0.2, 0.25) is 10.0 Å². The van der Waals surface area contributed by atoms with Crippen molar-refractivity contribution in [2.24, 2.45) is 0 Å². The Morgan fingerprint density at radius 3 is 2.30 bits per heavy atom. The summed E-state index contributed by atoms with van der Waals surface area (Å²) >= 11 is 18.4. The number of hydrogen-bond donors (Lipinski definition) is 1. The Hall–Kier alpha value is -1.85. The molecule has 0 aromatic heterocycles. The molecule has 0 bridgehead atoms. The second kappa shape index (κ2) is 9.38. The molecule has 5 nitrogen and oxygen atoms in total. The van der Waals surface area contributed by atoms with E-state index in [-0.39, 0.29) is 10.6 Å². The fourth-order valence-corrected chi connectivity index (χ4v) is 3.67. The van der Waals surface area contributed by atoms with Crippen LogP contribution in [0.5, 0.6) is 5.75 Å². The molecule has 9 heteroatoms. The van der Waals surface area contributed by atoms with E-state index in [4.69, 9.17) is 27.9 Å². The molecule has 0 aliphatic heterocycles. The summed E-state index contributed by atoms with van der Waals surface area (Å²) in [4.78, 5) is 23.5. The number of nitrogens with one attached hydrogen (secondary N) is 1. The summed E-state index contributed by atoms with van der Waals surface area (Å²) in [5.74, 6) is -0.774. The van der Waals surface area contributed by atoms with Gasteiger partial charge in [0.15, 0.2) is 5.75 Å². The van der Waals surface area contributed by atoms with Crippen LogP contribution in [0, 0.1) is 11.3 Å². The molecule has 1 amide bonds. The van der Waals surface area contributed by atoms with Gasteiger partial charge in [0.2, 0.25) is 0 Å². The first-order valence-corrected chi connectivity index (χ1v) is 9.61. The second-order valence-electron chi connectivity index (χ2n) is 5.16. The number of carbonyl (C=O) groups is 2. The van der Waals surface area contributed by atoms with E-state index < -0.39 is 11.9 Å². The Morgan fingerprint density at radius 2 is 1.78 bits per heavy atom. The number of carbonyl (C=O) groups excluding carboxylic acids is 2. The van der Waals surface area contributed by atoms with Crippen LogP contribution in [0.3, 0.4) is 0 Å². The summed E-state index contributed by atoms with van der Waals surface area (Å²) in [5, 5.41) is 12.5. The summed E-state index contributed by atoms with van der Waals surface area (Å²) in [6, 6.07) is 9.69. The van der Waals surface area contributed by atoms with E-state index in [1.54, 1.807) is 18.2 Å². The van der Waals surface area contributed by atoms with Gasteiger partial charge >= 0.3 is 5.97 Å². The van der Waals surface area contributed by atoms with Crippen molar-refractivity contribution in [2.75, 3.05) is 5.32 Å². The molecular weight excluding hydrogens is 523 g/mol. The lowest BCUT2D eigenvalue weighted by atomic mass is 10.1. The number of benzene rings is 2. The molecule has 2 rings (SSSR count). The minimum absolute atomic E-state index is 0.125. The smallest absolute Gasteiger partial charge is 0.308 e. The standard InChI is InChI=1S/C18H10Br2Cl2N2O3/c1-9(25)27-17-13(19)5-10(6-14(17)20)4-11(8-23)18(26)24-12-2-3-15(21)16(22)7-12/h2-7H,1H3,(H,24,26)/b11-4-. The third-order valence-corrected chi connectivity index (χ3v) is 5.04. The van der Waals surface area contributed by atoms with Crippen molar-refractivity contribution in [1.82, 2.24) is 0 Å². The molecule has 0 radical (unpaired) electrons. The van der Waals surface area contributed by atoms with Gasteiger partial charge in [-0.3, -0.25) is 9.59 Å². The van der Waals surface area contributed by atoms with Gasteiger partial charge in [0, 0.05) is 12.6 Å². The van der Waals surface area contributed by atoms with Gasteiger partial charge in [0.1, 0.15) is 11.6 Å². The van der Waals surface area contributed by atoms with Crippen LogP contribution in [0.25, 0.3) is 6.08 Å². The predicted octanol–water partition coefficient (Wildman–Crippen LogP) is 5.99. The molecule has 0 heterocycles. The molecule has 0 atom stereocenters. The van der Waals surface area contributed by atoms with Crippen LogP contribution < -0.4 is 10.1 Å². The lowest BCUT2D eigenvalue weighted by Gasteiger charge is -2.09. The highest BCUT2D eigenvalue weighted by Gasteiger charge is 2.14. The molecule has 1 N–H and O–H groups in total. The number of halogens is 4. The molecule has 27 heavy (non-hydrogen) atoms. The van der Waals surface area contributed by atoms with Gasteiger partial charge in [-0.15, -0.1) is 0 Å². The highest BCUT2D eigenvalue weighted by molar-refractivity contribution is 9.11. The van der Waals surface area contributed by atoms with Crippen molar-refractivity contribution in [3.8, 4) is 11.8 Å². The first-order chi connectivity index (χ1) is 12.7. The SMILES string of the molecule is CC(=O)Oc1c(Br)cc(/C=C(/C#N)C(=O)Nc2ccc(Cl)c(Cl)c2)cc1Br. The van der Waals surface area contributed by atoms with E-state index in [9.17, 15) is 14.9 Å². The number of nitrogens with zero attached hydrogens (tertiary/aromatic N) is 1. The van der Waals surface area contributed by atoms with Gasteiger partial charge in [-0.2, -0.15) is 5.26 Å². The molecule has 0 aliphatic carbocycles. The molecule has 2 aromatic carbocycles. The average molecular weight is 533 g/mol. The highest BCUT2D eigenvalue weighted by Crippen LogP contribution is 2.35. The summed E-state index contributed by atoms with van der Waals surface area (Å²) in [5.41, 5.74) is 0.828. The van der Waals surface area contributed by atoms with Crippen LogP contribution in [-0.4, -0.2) is 11.9 Å². The Labute approximate surface area is 182 Å². The van der Waals surface area contributed by atoms with Crippen LogP contribution >= 0.6 is 55.1 Å². The molecule has 0 fully saturated rings. The normalized spacial score (nSPS) is 10.9. The maximum absolute atomic E-state index is 12.4. The molecule has 2 aromatic rings. The number of anilines is 1. The number of hydrogen-bond acceptors (Lipinski definition) is 4. The van der Waals surface area contributed by atoms with Crippen LogP contribution in [-0.2, 0) is 9.59 Å². The van der Waals surface area contributed by atoms with Crippen LogP contribution in [0.1, 0.15) is 12.5 Å². The molecule has 138 valence electrons. The van der Waals surface area contributed by atoms with E-state index in [0.29, 0.717) is 31.0 Å². The first kappa shape index (κ1) is 21.5. The quantitative estimate of drug-likeness (QED) is 0.227. The third kappa shape index (κ3) is 5.81. The Balaban J connectivity index is 2.29. The number of esters is 1.